The molecule has 5 nitrogen and oxygen atoms in total. The van der Waals surface area contributed by atoms with E-state index in [9.17, 15) is 4.79 Å². The highest BCUT2D eigenvalue weighted by molar-refractivity contribution is 6.32. The van der Waals surface area contributed by atoms with Crippen molar-refractivity contribution >= 4 is 28.9 Å². The molecule has 0 radical (unpaired) electrons. The summed E-state index contributed by atoms with van der Waals surface area (Å²) in [6.07, 6.45) is 3.98. The third kappa shape index (κ3) is 5.21. The van der Waals surface area contributed by atoms with Crippen LogP contribution in [0.25, 0.3) is 0 Å². The van der Waals surface area contributed by atoms with Gasteiger partial charge in [0.1, 0.15) is 5.75 Å². The molecule has 0 aliphatic rings. The van der Waals surface area contributed by atoms with Gasteiger partial charge in [-0.25, -0.2) is 0 Å². The average molecular weight is 382 g/mol. The number of hydrogen-bond acceptors (Lipinski definition) is 4. The molecule has 0 aliphatic carbocycles. The van der Waals surface area contributed by atoms with Crippen molar-refractivity contribution in [2.45, 2.75) is 6.42 Å². The molecule has 0 aliphatic heterocycles. The van der Waals surface area contributed by atoms with E-state index in [1.807, 2.05) is 36.4 Å². The molecule has 0 saturated carbocycles. The van der Waals surface area contributed by atoms with Crippen LogP contribution in [0.4, 0.5) is 11.4 Å². The highest BCUT2D eigenvalue weighted by Crippen LogP contribution is 2.28. The van der Waals surface area contributed by atoms with Crippen molar-refractivity contribution in [1.82, 2.24) is 10.3 Å². The lowest BCUT2D eigenvalue weighted by molar-refractivity contribution is 0.0954. The average Bonchev–Trinajstić information content (AvgIpc) is 2.69. The summed E-state index contributed by atoms with van der Waals surface area (Å²) in [5.74, 6) is 0.446. The third-order valence-corrected chi connectivity index (χ3v) is 4.28. The standard InChI is InChI=1S/C21H20ClN3O2/c1-27-20-8-7-17(12-19(20)22)25-18-11-16(13-23-14-18)21(26)24-10-9-15-5-3-2-4-6-15/h2-8,11-14,25H,9-10H2,1H3,(H,24,26). The van der Waals surface area contributed by atoms with E-state index in [0.29, 0.717) is 28.6 Å². The number of nitrogens with one attached hydrogen (secondary N) is 2. The van der Waals surface area contributed by atoms with Crippen molar-refractivity contribution in [3.8, 4) is 5.75 Å². The summed E-state index contributed by atoms with van der Waals surface area (Å²) in [6, 6.07) is 17.2. The second kappa shape index (κ2) is 9.05. The Morgan fingerprint density at radius 2 is 1.89 bits per heavy atom. The fraction of sp³-hybridized carbons (Fsp3) is 0.143. The lowest BCUT2D eigenvalue weighted by Crippen LogP contribution is -2.25. The number of rotatable bonds is 7. The van der Waals surface area contributed by atoms with E-state index in [-0.39, 0.29) is 5.91 Å². The Kier molecular flexibility index (Phi) is 6.28. The first-order valence-corrected chi connectivity index (χ1v) is 8.91. The Morgan fingerprint density at radius 3 is 2.63 bits per heavy atom. The number of pyridine rings is 1. The third-order valence-electron chi connectivity index (χ3n) is 3.98. The maximum absolute atomic E-state index is 12.4. The van der Waals surface area contributed by atoms with Crippen molar-refractivity contribution in [3.05, 3.63) is 83.1 Å². The second-order valence-corrected chi connectivity index (χ2v) is 6.34. The molecule has 27 heavy (non-hydrogen) atoms. The zero-order valence-corrected chi connectivity index (χ0v) is 15.7. The molecule has 6 heteroatoms. The van der Waals surface area contributed by atoms with Gasteiger partial charge >= 0.3 is 0 Å². The van der Waals surface area contributed by atoms with Gasteiger partial charge in [-0.2, -0.15) is 0 Å². The first-order chi connectivity index (χ1) is 13.2. The lowest BCUT2D eigenvalue weighted by Gasteiger charge is -2.10. The van der Waals surface area contributed by atoms with Gasteiger partial charge in [-0.15, -0.1) is 0 Å². The predicted molar refractivity (Wildman–Crippen MR) is 108 cm³/mol. The highest BCUT2D eigenvalue weighted by Gasteiger charge is 2.08. The number of ether oxygens (including phenoxy) is 1. The number of hydrogen-bond donors (Lipinski definition) is 2. The Labute approximate surface area is 163 Å². The number of nitrogens with zero attached hydrogens (tertiary/aromatic N) is 1. The van der Waals surface area contributed by atoms with Crippen molar-refractivity contribution in [2.24, 2.45) is 0 Å². The molecule has 138 valence electrons. The summed E-state index contributed by atoms with van der Waals surface area (Å²) in [6.45, 7) is 0.564. The van der Waals surface area contributed by atoms with Gasteiger partial charge in [-0.05, 0) is 36.2 Å². The number of aromatic nitrogens is 1. The Bertz CT molecular complexity index is 916. The van der Waals surface area contributed by atoms with E-state index < -0.39 is 0 Å². The summed E-state index contributed by atoms with van der Waals surface area (Å²) >= 11 is 6.14. The van der Waals surface area contributed by atoms with E-state index in [0.717, 1.165) is 12.1 Å². The summed E-state index contributed by atoms with van der Waals surface area (Å²) in [5.41, 5.74) is 3.16. The maximum atomic E-state index is 12.4. The van der Waals surface area contributed by atoms with Crippen LogP contribution in [0.3, 0.4) is 0 Å². The minimum Gasteiger partial charge on any atom is -0.495 e. The second-order valence-electron chi connectivity index (χ2n) is 5.93. The molecule has 1 amide bonds. The maximum Gasteiger partial charge on any atom is 0.252 e. The van der Waals surface area contributed by atoms with Crippen LogP contribution in [0.15, 0.2) is 67.0 Å². The quantitative estimate of drug-likeness (QED) is 0.634. The van der Waals surface area contributed by atoms with Crippen LogP contribution in [0, 0.1) is 0 Å². The molecule has 3 rings (SSSR count). The van der Waals surface area contributed by atoms with Crippen LogP contribution >= 0.6 is 11.6 Å². The van der Waals surface area contributed by atoms with Crippen molar-refractivity contribution in [1.29, 1.82) is 0 Å². The van der Waals surface area contributed by atoms with Gasteiger partial charge in [0.05, 0.1) is 29.6 Å². The molecule has 3 aromatic rings. The van der Waals surface area contributed by atoms with E-state index in [4.69, 9.17) is 16.3 Å². The fourth-order valence-electron chi connectivity index (χ4n) is 2.61. The first-order valence-electron chi connectivity index (χ1n) is 8.53. The van der Waals surface area contributed by atoms with Crippen LogP contribution < -0.4 is 15.4 Å². The minimum atomic E-state index is -0.158. The van der Waals surface area contributed by atoms with Gasteiger partial charge in [0.25, 0.3) is 5.91 Å². The topological polar surface area (TPSA) is 63.2 Å². The Balaban J connectivity index is 1.61. The monoisotopic (exact) mass is 381 g/mol. The van der Waals surface area contributed by atoms with Gasteiger partial charge < -0.3 is 15.4 Å². The molecular weight excluding hydrogens is 362 g/mol. The minimum absolute atomic E-state index is 0.158. The van der Waals surface area contributed by atoms with E-state index in [1.54, 1.807) is 37.7 Å². The summed E-state index contributed by atoms with van der Waals surface area (Å²) in [5, 5.41) is 6.61. The zero-order valence-electron chi connectivity index (χ0n) is 14.9. The number of benzene rings is 2. The Hall–Kier alpha value is -3.05. The van der Waals surface area contributed by atoms with Crippen LogP contribution in [0.2, 0.25) is 5.02 Å². The number of amides is 1. The number of anilines is 2. The molecule has 0 spiro atoms. The molecule has 1 aromatic heterocycles. The molecule has 2 N–H and O–H groups in total. The van der Waals surface area contributed by atoms with E-state index in [2.05, 4.69) is 15.6 Å². The van der Waals surface area contributed by atoms with Crippen LogP contribution in [0.1, 0.15) is 15.9 Å². The van der Waals surface area contributed by atoms with Gasteiger partial charge in [-0.1, -0.05) is 41.9 Å². The van der Waals surface area contributed by atoms with Crippen LogP contribution in [-0.2, 0) is 6.42 Å². The molecule has 0 fully saturated rings. The molecular formula is C21H20ClN3O2. The predicted octanol–water partition coefficient (Wildman–Crippen LogP) is 4.46. The largest absolute Gasteiger partial charge is 0.495 e. The fourth-order valence-corrected chi connectivity index (χ4v) is 2.87. The van der Waals surface area contributed by atoms with Gasteiger partial charge in [0, 0.05) is 18.4 Å². The molecule has 2 aromatic carbocycles. The molecule has 0 saturated heterocycles. The molecule has 0 atom stereocenters. The summed E-state index contributed by atoms with van der Waals surface area (Å²) in [7, 11) is 1.57. The Morgan fingerprint density at radius 1 is 1.07 bits per heavy atom. The SMILES string of the molecule is COc1ccc(Nc2cncc(C(=O)NCCc3ccccc3)c2)cc1Cl. The van der Waals surface area contributed by atoms with Crippen LogP contribution in [-0.4, -0.2) is 24.5 Å². The number of halogens is 1. The van der Waals surface area contributed by atoms with Crippen molar-refractivity contribution < 1.29 is 9.53 Å². The van der Waals surface area contributed by atoms with E-state index >= 15 is 0 Å². The van der Waals surface area contributed by atoms with Gasteiger partial charge in [-0.3, -0.25) is 9.78 Å². The number of carbonyl (C=O) groups excluding carboxylic acids is 1. The first kappa shape index (κ1) is 18.7. The molecule has 0 bridgehead atoms. The lowest BCUT2D eigenvalue weighted by atomic mass is 10.1. The van der Waals surface area contributed by atoms with Gasteiger partial charge in [0.2, 0.25) is 0 Å². The zero-order chi connectivity index (χ0) is 19.1. The molecule has 1 heterocycles. The van der Waals surface area contributed by atoms with E-state index in [1.165, 1.54) is 5.56 Å². The van der Waals surface area contributed by atoms with Gasteiger partial charge in [0.15, 0.2) is 0 Å². The summed E-state index contributed by atoms with van der Waals surface area (Å²) in [4.78, 5) is 16.5. The molecule has 0 unspecified atom stereocenters. The van der Waals surface area contributed by atoms with Crippen molar-refractivity contribution in [3.63, 3.8) is 0 Å². The van der Waals surface area contributed by atoms with Crippen molar-refractivity contribution in [2.75, 3.05) is 19.0 Å². The highest BCUT2D eigenvalue weighted by atomic mass is 35.5. The van der Waals surface area contributed by atoms with Crippen LogP contribution in [0.5, 0.6) is 5.75 Å². The summed E-state index contributed by atoms with van der Waals surface area (Å²) < 4.78 is 5.15. The normalized spacial score (nSPS) is 10.3. The number of carbonyl (C=O) groups is 1. The number of methoxy groups -OCH3 is 1. The smallest absolute Gasteiger partial charge is 0.252 e.